The molecule has 0 aliphatic heterocycles. The first kappa shape index (κ1) is 36.2. The molecule has 0 bridgehead atoms. The first-order chi connectivity index (χ1) is 20.9. The second-order valence-electron chi connectivity index (χ2n) is 11.7. The highest BCUT2D eigenvalue weighted by Gasteiger charge is 2.20. The maximum atomic E-state index is 12.7. The zero-order valence-corrected chi connectivity index (χ0v) is 26.6. The molecule has 2 aromatic rings. The van der Waals surface area contributed by atoms with E-state index in [-0.39, 0.29) is 25.0 Å². The van der Waals surface area contributed by atoms with Crippen molar-refractivity contribution in [3.05, 3.63) is 71.3 Å². The molecule has 0 heterocycles. The molecule has 0 aliphatic rings. The van der Waals surface area contributed by atoms with E-state index in [1.807, 2.05) is 6.07 Å². The molecule has 6 nitrogen and oxygen atoms in total. The molecule has 0 aliphatic carbocycles. The molecule has 43 heavy (non-hydrogen) atoms. The largest absolute Gasteiger partial charge is 0.463 e. The lowest BCUT2D eigenvalue weighted by Crippen LogP contribution is -2.26. The minimum absolute atomic E-state index is 0.121. The smallest absolute Gasteiger partial charge is 0.313 e. The number of aliphatic hydroxyl groups excluding tert-OH is 1. The number of rotatable bonds is 24. The topological polar surface area (TPSA) is 89.9 Å². The van der Waals surface area contributed by atoms with Gasteiger partial charge in [-0.25, -0.2) is 0 Å². The van der Waals surface area contributed by atoms with Crippen LogP contribution in [0.25, 0.3) is 0 Å². The van der Waals surface area contributed by atoms with E-state index in [0.29, 0.717) is 23.1 Å². The zero-order valence-electron chi connectivity index (χ0n) is 26.6. The fourth-order valence-corrected chi connectivity index (χ4v) is 5.09. The van der Waals surface area contributed by atoms with E-state index >= 15 is 0 Å². The standard InChI is InChI=1S/C37H54O6/c1-3-4-5-6-7-8-9-10-11-12-13-14-15-16-20-26-35(39)42-28-34(38)29-43-37(41)30(2)32-24-21-25-33(27-32)36(40)31-22-18-17-19-23-31/h17-19,21-25,27,30,34,38H,3-16,20,26,28-29H2,1-2H3/t30?,34-/m0/s1. The minimum Gasteiger partial charge on any atom is -0.463 e. The molecule has 1 N–H and O–H groups in total. The van der Waals surface area contributed by atoms with Crippen LogP contribution in [0.15, 0.2) is 54.6 Å². The third-order valence-electron chi connectivity index (χ3n) is 7.88. The first-order valence-corrected chi connectivity index (χ1v) is 16.6. The van der Waals surface area contributed by atoms with Gasteiger partial charge in [-0.05, 0) is 25.0 Å². The summed E-state index contributed by atoms with van der Waals surface area (Å²) >= 11 is 0. The van der Waals surface area contributed by atoms with Crippen LogP contribution in [0.3, 0.4) is 0 Å². The van der Waals surface area contributed by atoms with Crippen LogP contribution in [-0.4, -0.2) is 42.1 Å². The molecule has 0 spiro atoms. The van der Waals surface area contributed by atoms with Crippen molar-refractivity contribution >= 4 is 17.7 Å². The van der Waals surface area contributed by atoms with Gasteiger partial charge in [-0.15, -0.1) is 0 Å². The van der Waals surface area contributed by atoms with Crippen LogP contribution in [0, 0.1) is 0 Å². The molecule has 0 saturated carbocycles. The number of benzene rings is 2. The van der Waals surface area contributed by atoms with Crippen LogP contribution in [0.2, 0.25) is 0 Å². The lowest BCUT2D eigenvalue weighted by atomic mass is 9.96. The monoisotopic (exact) mass is 594 g/mol. The van der Waals surface area contributed by atoms with Gasteiger partial charge in [0.15, 0.2) is 5.78 Å². The predicted molar refractivity (Wildman–Crippen MR) is 172 cm³/mol. The van der Waals surface area contributed by atoms with Gasteiger partial charge in [-0.2, -0.15) is 0 Å². The molecule has 238 valence electrons. The maximum absolute atomic E-state index is 12.7. The molecule has 6 heteroatoms. The summed E-state index contributed by atoms with van der Waals surface area (Å²) in [7, 11) is 0. The Hall–Kier alpha value is -2.99. The Morgan fingerprint density at radius 3 is 1.74 bits per heavy atom. The lowest BCUT2D eigenvalue weighted by Gasteiger charge is -2.15. The van der Waals surface area contributed by atoms with Crippen molar-refractivity contribution in [2.75, 3.05) is 13.2 Å². The fraction of sp³-hybridized carbons (Fsp3) is 0.595. The number of carbonyl (C=O) groups excluding carboxylic acids is 3. The number of esters is 2. The van der Waals surface area contributed by atoms with Crippen LogP contribution in [0.1, 0.15) is 144 Å². The van der Waals surface area contributed by atoms with Crippen molar-refractivity contribution in [2.24, 2.45) is 0 Å². The van der Waals surface area contributed by atoms with Crippen LogP contribution in [-0.2, 0) is 19.1 Å². The molecule has 0 aromatic heterocycles. The van der Waals surface area contributed by atoms with Crippen molar-refractivity contribution in [3.8, 4) is 0 Å². The average Bonchev–Trinajstić information content (AvgIpc) is 3.04. The van der Waals surface area contributed by atoms with E-state index in [4.69, 9.17) is 9.47 Å². The highest BCUT2D eigenvalue weighted by atomic mass is 16.6. The van der Waals surface area contributed by atoms with E-state index in [2.05, 4.69) is 6.92 Å². The van der Waals surface area contributed by atoms with E-state index in [0.717, 1.165) is 19.3 Å². The van der Waals surface area contributed by atoms with Gasteiger partial charge >= 0.3 is 11.9 Å². The number of carbonyl (C=O) groups is 3. The molecule has 0 fully saturated rings. The molecular formula is C37H54O6. The molecule has 1 unspecified atom stereocenters. The number of hydrogen-bond acceptors (Lipinski definition) is 6. The van der Waals surface area contributed by atoms with E-state index in [1.165, 1.54) is 77.0 Å². The second-order valence-corrected chi connectivity index (χ2v) is 11.7. The van der Waals surface area contributed by atoms with Crippen molar-refractivity contribution in [3.63, 3.8) is 0 Å². The third kappa shape index (κ3) is 15.9. The summed E-state index contributed by atoms with van der Waals surface area (Å²) in [6, 6.07) is 15.9. The van der Waals surface area contributed by atoms with Crippen LogP contribution >= 0.6 is 0 Å². The highest BCUT2D eigenvalue weighted by Crippen LogP contribution is 2.20. The fourth-order valence-electron chi connectivity index (χ4n) is 5.09. The van der Waals surface area contributed by atoms with Crippen molar-refractivity contribution in [1.29, 1.82) is 0 Å². The predicted octanol–water partition coefficient (Wildman–Crippen LogP) is 8.73. The molecule has 0 amide bonds. The number of ketones is 1. The summed E-state index contributed by atoms with van der Waals surface area (Å²) in [5, 5.41) is 10.1. The highest BCUT2D eigenvalue weighted by molar-refractivity contribution is 6.09. The Bertz CT molecular complexity index is 1050. The summed E-state index contributed by atoms with van der Waals surface area (Å²) in [4.78, 5) is 37.4. The Labute approximate surface area is 259 Å². The third-order valence-corrected chi connectivity index (χ3v) is 7.88. The normalized spacial score (nSPS) is 12.4. The Morgan fingerprint density at radius 1 is 0.651 bits per heavy atom. The number of ether oxygens (including phenoxy) is 2. The number of unbranched alkanes of at least 4 members (excludes halogenated alkanes) is 14. The number of hydrogen-bond donors (Lipinski definition) is 1. The summed E-state index contributed by atoms with van der Waals surface area (Å²) in [5.41, 5.74) is 1.72. The maximum Gasteiger partial charge on any atom is 0.313 e. The van der Waals surface area contributed by atoms with Gasteiger partial charge in [0.05, 0.1) is 5.92 Å². The lowest BCUT2D eigenvalue weighted by molar-refractivity contribution is -0.153. The van der Waals surface area contributed by atoms with Crippen LogP contribution < -0.4 is 0 Å². The van der Waals surface area contributed by atoms with Gasteiger partial charge in [-0.3, -0.25) is 14.4 Å². The molecule has 2 aromatic carbocycles. The first-order valence-electron chi connectivity index (χ1n) is 16.6. The van der Waals surface area contributed by atoms with Gasteiger partial charge in [0.2, 0.25) is 0 Å². The van der Waals surface area contributed by atoms with Gasteiger partial charge < -0.3 is 14.6 Å². The van der Waals surface area contributed by atoms with E-state index in [1.54, 1.807) is 55.5 Å². The van der Waals surface area contributed by atoms with Crippen LogP contribution in [0.4, 0.5) is 0 Å². The quantitative estimate of drug-likeness (QED) is 0.0742. The van der Waals surface area contributed by atoms with Gasteiger partial charge in [-0.1, -0.05) is 145 Å². The van der Waals surface area contributed by atoms with Crippen LogP contribution in [0.5, 0.6) is 0 Å². The van der Waals surface area contributed by atoms with E-state index < -0.39 is 18.0 Å². The molecule has 0 radical (unpaired) electrons. The summed E-state index contributed by atoms with van der Waals surface area (Å²) in [6.07, 6.45) is 18.3. The summed E-state index contributed by atoms with van der Waals surface area (Å²) in [6.45, 7) is 3.48. The Morgan fingerprint density at radius 2 is 1.16 bits per heavy atom. The Balaban J connectivity index is 1.50. The van der Waals surface area contributed by atoms with Crippen molar-refractivity contribution in [2.45, 2.75) is 129 Å². The average molecular weight is 595 g/mol. The molecular weight excluding hydrogens is 540 g/mol. The molecule has 0 saturated heterocycles. The minimum atomic E-state index is -1.09. The molecule has 2 atom stereocenters. The SMILES string of the molecule is CCCCCCCCCCCCCCCCCC(=O)OC[C@H](O)COC(=O)C(C)c1cccc(C(=O)c2ccccc2)c1. The van der Waals surface area contributed by atoms with Gasteiger partial charge in [0, 0.05) is 17.5 Å². The van der Waals surface area contributed by atoms with Gasteiger partial charge in [0.25, 0.3) is 0 Å². The Kier molecular flexibility index (Phi) is 19.0. The second kappa shape index (κ2) is 22.5. The van der Waals surface area contributed by atoms with E-state index in [9.17, 15) is 19.5 Å². The van der Waals surface area contributed by atoms with Crippen molar-refractivity contribution in [1.82, 2.24) is 0 Å². The summed E-state index contributed by atoms with van der Waals surface area (Å²) < 4.78 is 10.4. The van der Waals surface area contributed by atoms with Gasteiger partial charge in [0.1, 0.15) is 19.3 Å². The van der Waals surface area contributed by atoms with Crippen molar-refractivity contribution < 1.29 is 29.0 Å². The number of aliphatic hydroxyl groups is 1. The molecule has 2 rings (SSSR count). The summed E-state index contributed by atoms with van der Waals surface area (Å²) in [5.74, 6) is -1.60. The zero-order chi connectivity index (χ0) is 31.1.